The summed E-state index contributed by atoms with van der Waals surface area (Å²) in [5.41, 5.74) is 12.2. The van der Waals surface area contributed by atoms with E-state index in [1.54, 1.807) is 12.1 Å². The largest absolute Gasteiger partial charge is 0.503 e. The zero-order chi connectivity index (χ0) is 12.1. The van der Waals surface area contributed by atoms with Gasteiger partial charge in [0.15, 0.2) is 11.5 Å². The molecule has 0 saturated carbocycles. The van der Waals surface area contributed by atoms with E-state index in [-0.39, 0.29) is 29.2 Å². The standard InChI is InChI=1S/C11H17ClN2O2.ClH/c1-16-10-6-7(5-8(12)11(10)15)9(14)3-2-4-13;/h5-6,9,15H,2-4,13-14H2,1H3;1H/t9-;/m1./s1. The topological polar surface area (TPSA) is 81.5 Å². The molecule has 0 saturated heterocycles. The molecule has 1 aromatic carbocycles. The van der Waals surface area contributed by atoms with Gasteiger partial charge in [-0.15, -0.1) is 12.4 Å². The van der Waals surface area contributed by atoms with Crippen molar-refractivity contribution in [1.29, 1.82) is 0 Å². The zero-order valence-electron chi connectivity index (χ0n) is 9.65. The van der Waals surface area contributed by atoms with Gasteiger partial charge in [0.25, 0.3) is 0 Å². The summed E-state index contributed by atoms with van der Waals surface area (Å²) in [7, 11) is 1.47. The maximum absolute atomic E-state index is 9.56. The summed E-state index contributed by atoms with van der Waals surface area (Å²) in [5, 5.41) is 9.81. The molecule has 17 heavy (non-hydrogen) atoms. The van der Waals surface area contributed by atoms with Crippen LogP contribution in [-0.2, 0) is 0 Å². The van der Waals surface area contributed by atoms with Crippen molar-refractivity contribution in [3.8, 4) is 11.5 Å². The van der Waals surface area contributed by atoms with Crippen LogP contribution in [0.5, 0.6) is 11.5 Å². The minimum atomic E-state index is -0.143. The van der Waals surface area contributed by atoms with Gasteiger partial charge in [-0.3, -0.25) is 0 Å². The van der Waals surface area contributed by atoms with Crippen LogP contribution in [0, 0.1) is 0 Å². The molecular formula is C11H18Cl2N2O2. The van der Waals surface area contributed by atoms with Crippen LogP contribution in [-0.4, -0.2) is 18.8 Å². The van der Waals surface area contributed by atoms with E-state index in [2.05, 4.69) is 0 Å². The summed E-state index contributed by atoms with van der Waals surface area (Å²) < 4.78 is 5.01. The molecule has 0 amide bonds. The summed E-state index contributed by atoms with van der Waals surface area (Å²) in [4.78, 5) is 0. The van der Waals surface area contributed by atoms with Gasteiger partial charge in [0.2, 0.25) is 0 Å². The molecule has 0 aliphatic carbocycles. The van der Waals surface area contributed by atoms with E-state index in [1.165, 1.54) is 7.11 Å². The second-order valence-corrected chi connectivity index (χ2v) is 4.00. The first-order valence-electron chi connectivity index (χ1n) is 5.12. The normalized spacial score (nSPS) is 11.8. The molecule has 0 spiro atoms. The maximum atomic E-state index is 9.56. The minimum Gasteiger partial charge on any atom is -0.503 e. The van der Waals surface area contributed by atoms with E-state index in [0.29, 0.717) is 12.3 Å². The molecule has 98 valence electrons. The molecule has 0 heterocycles. The molecule has 0 aliphatic heterocycles. The Morgan fingerprint density at radius 2 is 2.12 bits per heavy atom. The van der Waals surface area contributed by atoms with Crippen LogP contribution in [0.25, 0.3) is 0 Å². The number of benzene rings is 1. The average Bonchev–Trinajstić information content (AvgIpc) is 2.29. The summed E-state index contributed by atoms with van der Waals surface area (Å²) in [6, 6.07) is 3.21. The van der Waals surface area contributed by atoms with E-state index in [4.69, 9.17) is 27.8 Å². The first-order valence-corrected chi connectivity index (χ1v) is 5.50. The molecule has 0 fully saturated rings. The van der Waals surface area contributed by atoms with Gasteiger partial charge in [0, 0.05) is 6.04 Å². The summed E-state index contributed by atoms with van der Waals surface area (Å²) in [5.74, 6) is 0.282. The van der Waals surface area contributed by atoms with E-state index in [0.717, 1.165) is 18.4 Å². The Bertz CT molecular complexity index is 362. The molecular weight excluding hydrogens is 263 g/mol. The minimum absolute atomic E-state index is 0. The van der Waals surface area contributed by atoms with Gasteiger partial charge in [-0.25, -0.2) is 0 Å². The van der Waals surface area contributed by atoms with Crippen LogP contribution in [0.4, 0.5) is 0 Å². The highest BCUT2D eigenvalue weighted by atomic mass is 35.5. The number of phenols is 1. The van der Waals surface area contributed by atoms with Crippen molar-refractivity contribution in [3.63, 3.8) is 0 Å². The smallest absolute Gasteiger partial charge is 0.176 e. The van der Waals surface area contributed by atoms with Gasteiger partial charge in [0.05, 0.1) is 12.1 Å². The summed E-state index contributed by atoms with van der Waals surface area (Å²) >= 11 is 5.87. The van der Waals surface area contributed by atoms with Crippen molar-refractivity contribution < 1.29 is 9.84 Å². The third-order valence-corrected chi connectivity index (χ3v) is 2.71. The van der Waals surface area contributed by atoms with Crippen molar-refractivity contribution in [3.05, 3.63) is 22.7 Å². The Morgan fingerprint density at radius 1 is 1.47 bits per heavy atom. The van der Waals surface area contributed by atoms with Crippen molar-refractivity contribution in [2.75, 3.05) is 13.7 Å². The number of ether oxygens (including phenoxy) is 1. The van der Waals surface area contributed by atoms with Crippen molar-refractivity contribution in [1.82, 2.24) is 0 Å². The average molecular weight is 281 g/mol. The highest BCUT2D eigenvalue weighted by Gasteiger charge is 2.13. The Morgan fingerprint density at radius 3 is 2.65 bits per heavy atom. The number of nitrogens with two attached hydrogens (primary N) is 2. The quantitative estimate of drug-likeness (QED) is 0.773. The van der Waals surface area contributed by atoms with Crippen LogP contribution < -0.4 is 16.2 Å². The molecule has 0 aliphatic rings. The lowest BCUT2D eigenvalue weighted by molar-refractivity contribution is 0.372. The summed E-state index contributed by atoms with van der Waals surface area (Å²) in [6.07, 6.45) is 1.63. The molecule has 1 atom stereocenters. The Balaban J connectivity index is 0.00000256. The third kappa shape index (κ3) is 4.24. The van der Waals surface area contributed by atoms with Gasteiger partial charge < -0.3 is 21.3 Å². The predicted octanol–water partition coefficient (Wildman–Crippen LogP) is 2.21. The first-order chi connectivity index (χ1) is 7.60. The maximum Gasteiger partial charge on any atom is 0.176 e. The molecule has 4 nitrogen and oxygen atoms in total. The van der Waals surface area contributed by atoms with E-state index in [1.807, 2.05) is 0 Å². The van der Waals surface area contributed by atoms with Gasteiger partial charge in [-0.2, -0.15) is 0 Å². The number of methoxy groups -OCH3 is 1. The predicted molar refractivity (Wildman–Crippen MR) is 72.1 cm³/mol. The number of phenolic OH excluding ortho intramolecular Hbond substituents is 1. The van der Waals surface area contributed by atoms with Crippen LogP contribution in [0.3, 0.4) is 0 Å². The lowest BCUT2D eigenvalue weighted by Gasteiger charge is -2.14. The van der Waals surface area contributed by atoms with Crippen LogP contribution in [0.15, 0.2) is 12.1 Å². The number of hydrogen-bond acceptors (Lipinski definition) is 4. The lowest BCUT2D eigenvalue weighted by Crippen LogP contribution is -2.12. The van der Waals surface area contributed by atoms with Gasteiger partial charge in [-0.05, 0) is 37.1 Å². The Kier molecular flexibility index (Phi) is 7.30. The van der Waals surface area contributed by atoms with Gasteiger partial charge in [-0.1, -0.05) is 11.6 Å². The van der Waals surface area contributed by atoms with E-state index in [9.17, 15) is 5.11 Å². The van der Waals surface area contributed by atoms with E-state index >= 15 is 0 Å². The fourth-order valence-corrected chi connectivity index (χ4v) is 1.69. The van der Waals surface area contributed by atoms with Crippen LogP contribution in [0.2, 0.25) is 5.02 Å². The fraction of sp³-hybridized carbons (Fsp3) is 0.455. The SMILES string of the molecule is COc1cc([C@H](N)CCCN)cc(Cl)c1O.Cl. The van der Waals surface area contributed by atoms with Gasteiger partial charge in [0.1, 0.15) is 0 Å². The third-order valence-electron chi connectivity index (χ3n) is 2.42. The molecule has 5 N–H and O–H groups in total. The first kappa shape index (κ1) is 16.3. The monoisotopic (exact) mass is 280 g/mol. The number of aromatic hydroxyl groups is 1. The second-order valence-electron chi connectivity index (χ2n) is 3.59. The molecule has 1 rings (SSSR count). The Hall–Kier alpha value is -0.680. The lowest BCUT2D eigenvalue weighted by atomic mass is 10.0. The van der Waals surface area contributed by atoms with Crippen molar-refractivity contribution in [2.45, 2.75) is 18.9 Å². The zero-order valence-corrected chi connectivity index (χ0v) is 11.2. The van der Waals surface area contributed by atoms with E-state index < -0.39 is 0 Å². The fourth-order valence-electron chi connectivity index (χ4n) is 1.47. The number of hydrogen-bond donors (Lipinski definition) is 3. The Labute approximate surface area is 112 Å². The second kappa shape index (κ2) is 7.61. The van der Waals surface area contributed by atoms with Crippen molar-refractivity contribution in [2.24, 2.45) is 11.5 Å². The molecule has 6 heteroatoms. The summed E-state index contributed by atoms with van der Waals surface area (Å²) in [6.45, 7) is 0.608. The van der Waals surface area contributed by atoms with Gasteiger partial charge >= 0.3 is 0 Å². The molecule has 1 aromatic rings. The number of rotatable bonds is 5. The molecule has 0 unspecified atom stereocenters. The molecule has 0 aromatic heterocycles. The van der Waals surface area contributed by atoms with Crippen molar-refractivity contribution >= 4 is 24.0 Å². The van der Waals surface area contributed by atoms with Crippen LogP contribution >= 0.6 is 24.0 Å². The molecule has 0 radical (unpaired) electrons. The number of halogens is 2. The van der Waals surface area contributed by atoms with Crippen LogP contribution in [0.1, 0.15) is 24.4 Å². The molecule has 0 bridgehead atoms. The highest BCUT2D eigenvalue weighted by molar-refractivity contribution is 6.32. The highest BCUT2D eigenvalue weighted by Crippen LogP contribution is 2.36.